The molecule has 4 heteroatoms. The molecule has 1 aliphatic rings. The lowest BCUT2D eigenvalue weighted by Crippen LogP contribution is -2.40. The Morgan fingerprint density at radius 3 is 2.73 bits per heavy atom. The lowest BCUT2D eigenvalue weighted by atomic mass is 10.1. The second-order valence-corrected chi connectivity index (χ2v) is 4.95. The van der Waals surface area contributed by atoms with Crippen LogP contribution in [0.2, 0.25) is 0 Å². The van der Waals surface area contributed by atoms with Crippen molar-refractivity contribution in [3.8, 4) is 0 Å². The average Bonchev–Trinajstić information content (AvgIpc) is 2.72. The first-order valence-electron chi connectivity index (χ1n) is 5.30. The third-order valence-corrected chi connectivity index (χ3v) is 3.82. The molecule has 0 amide bonds. The number of halogens is 1. The van der Waals surface area contributed by atoms with Gasteiger partial charge in [0.2, 0.25) is 0 Å². The average molecular weight is 247 g/mol. The molecule has 15 heavy (non-hydrogen) atoms. The minimum atomic E-state index is 0. The van der Waals surface area contributed by atoms with Crippen LogP contribution in [0.15, 0.2) is 17.5 Å². The molecule has 2 rings (SSSR count). The summed E-state index contributed by atoms with van der Waals surface area (Å²) in [4.78, 5) is 4.05. The van der Waals surface area contributed by atoms with Crippen LogP contribution in [0.4, 0.5) is 0 Å². The summed E-state index contributed by atoms with van der Waals surface area (Å²) in [5.74, 6) is 0. The lowest BCUT2D eigenvalue weighted by molar-refractivity contribution is 0.196. The second-order valence-electron chi connectivity index (χ2n) is 3.92. The van der Waals surface area contributed by atoms with Gasteiger partial charge in [-0.15, -0.1) is 23.7 Å². The molecular formula is C11H19ClN2S. The normalized spacial score (nSPS) is 18.7. The van der Waals surface area contributed by atoms with Crippen molar-refractivity contribution < 1.29 is 0 Å². The number of likely N-dealkylation sites (tertiary alicyclic amines) is 1. The minimum absolute atomic E-state index is 0. The fourth-order valence-corrected chi connectivity index (χ4v) is 2.75. The summed E-state index contributed by atoms with van der Waals surface area (Å²) in [7, 11) is 2.07. The van der Waals surface area contributed by atoms with E-state index in [9.17, 15) is 0 Å². The fourth-order valence-electron chi connectivity index (χ4n) is 2.00. The topological polar surface area (TPSA) is 15.3 Å². The van der Waals surface area contributed by atoms with Crippen LogP contribution in [-0.4, -0.2) is 31.1 Å². The Morgan fingerprint density at radius 2 is 2.20 bits per heavy atom. The van der Waals surface area contributed by atoms with Crippen LogP contribution in [0, 0.1) is 0 Å². The van der Waals surface area contributed by atoms with Gasteiger partial charge in [0.05, 0.1) is 0 Å². The van der Waals surface area contributed by atoms with Crippen LogP contribution in [0.3, 0.4) is 0 Å². The van der Waals surface area contributed by atoms with Gasteiger partial charge in [-0.3, -0.25) is 4.90 Å². The molecule has 1 N–H and O–H groups in total. The van der Waals surface area contributed by atoms with Crippen molar-refractivity contribution in [3.05, 3.63) is 22.4 Å². The molecule has 1 aromatic heterocycles. The minimum Gasteiger partial charge on any atom is -0.317 e. The first-order valence-corrected chi connectivity index (χ1v) is 6.18. The molecule has 1 aliphatic heterocycles. The molecule has 1 fully saturated rings. The molecule has 0 aliphatic carbocycles. The zero-order valence-electron chi connectivity index (χ0n) is 9.11. The number of hydrogen-bond acceptors (Lipinski definition) is 3. The third kappa shape index (κ3) is 3.76. The first-order chi connectivity index (χ1) is 6.88. The van der Waals surface area contributed by atoms with E-state index in [-0.39, 0.29) is 12.4 Å². The standard InChI is InChI=1S/C11H18N2S.ClH/c1-12-10-4-6-13(7-5-10)9-11-3-2-8-14-11;/h2-3,8,10,12H,4-7,9H2,1H3;1H. The molecule has 1 aromatic rings. The van der Waals surface area contributed by atoms with E-state index >= 15 is 0 Å². The SMILES string of the molecule is CNC1CCN(Cc2cccs2)CC1.Cl. The van der Waals surface area contributed by atoms with Gasteiger partial charge in [0.25, 0.3) is 0 Å². The number of nitrogens with zero attached hydrogens (tertiary/aromatic N) is 1. The summed E-state index contributed by atoms with van der Waals surface area (Å²) in [5.41, 5.74) is 0. The summed E-state index contributed by atoms with van der Waals surface area (Å²) in [5, 5.41) is 5.52. The molecule has 0 spiro atoms. The highest BCUT2D eigenvalue weighted by atomic mass is 35.5. The van der Waals surface area contributed by atoms with Crippen molar-refractivity contribution in [2.75, 3.05) is 20.1 Å². The largest absolute Gasteiger partial charge is 0.317 e. The Hall–Kier alpha value is -0.0900. The quantitative estimate of drug-likeness (QED) is 0.881. The highest BCUT2D eigenvalue weighted by molar-refractivity contribution is 7.09. The molecule has 0 atom stereocenters. The molecule has 1 saturated heterocycles. The maximum Gasteiger partial charge on any atom is 0.0327 e. The molecular weight excluding hydrogens is 228 g/mol. The van der Waals surface area contributed by atoms with E-state index in [4.69, 9.17) is 0 Å². The van der Waals surface area contributed by atoms with Gasteiger partial charge in [-0.2, -0.15) is 0 Å². The van der Waals surface area contributed by atoms with Gasteiger partial charge >= 0.3 is 0 Å². The highest BCUT2D eigenvalue weighted by Crippen LogP contribution is 2.16. The van der Waals surface area contributed by atoms with Gasteiger partial charge in [-0.25, -0.2) is 0 Å². The molecule has 0 saturated carbocycles. The summed E-state index contributed by atoms with van der Waals surface area (Å²) in [6.07, 6.45) is 2.59. The van der Waals surface area contributed by atoms with Gasteiger partial charge in [0.1, 0.15) is 0 Å². The summed E-state index contributed by atoms with van der Waals surface area (Å²) >= 11 is 1.87. The predicted molar refractivity (Wildman–Crippen MR) is 68.9 cm³/mol. The first kappa shape index (κ1) is 13.0. The van der Waals surface area contributed by atoms with Gasteiger partial charge in [-0.05, 0) is 44.4 Å². The third-order valence-electron chi connectivity index (χ3n) is 2.96. The Balaban J connectivity index is 0.00000112. The van der Waals surface area contributed by atoms with Gasteiger partial charge in [0.15, 0.2) is 0 Å². The number of thiophene rings is 1. The van der Waals surface area contributed by atoms with Crippen LogP contribution in [0.5, 0.6) is 0 Å². The fraction of sp³-hybridized carbons (Fsp3) is 0.636. The zero-order valence-corrected chi connectivity index (χ0v) is 10.7. The predicted octanol–water partition coefficient (Wildman–Crippen LogP) is 2.35. The molecule has 0 bridgehead atoms. The van der Waals surface area contributed by atoms with E-state index in [1.807, 2.05) is 11.3 Å². The number of rotatable bonds is 3. The molecule has 0 radical (unpaired) electrons. The van der Waals surface area contributed by atoms with Crippen LogP contribution < -0.4 is 5.32 Å². The summed E-state index contributed by atoms with van der Waals surface area (Å²) in [6, 6.07) is 5.12. The van der Waals surface area contributed by atoms with Crippen molar-refractivity contribution in [3.63, 3.8) is 0 Å². The zero-order chi connectivity index (χ0) is 9.80. The molecule has 2 nitrogen and oxygen atoms in total. The Kier molecular flexibility index (Phi) is 5.61. The Morgan fingerprint density at radius 1 is 1.47 bits per heavy atom. The van der Waals surface area contributed by atoms with Crippen LogP contribution in [0.1, 0.15) is 17.7 Å². The van der Waals surface area contributed by atoms with Gasteiger partial charge < -0.3 is 5.32 Å². The Labute approximate surface area is 102 Å². The molecule has 2 heterocycles. The van der Waals surface area contributed by atoms with E-state index in [0.717, 1.165) is 12.6 Å². The maximum atomic E-state index is 3.36. The monoisotopic (exact) mass is 246 g/mol. The van der Waals surface area contributed by atoms with E-state index < -0.39 is 0 Å². The number of nitrogens with one attached hydrogen (secondary N) is 1. The van der Waals surface area contributed by atoms with Crippen LogP contribution >= 0.6 is 23.7 Å². The van der Waals surface area contributed by atoms with Crippen molar-refractivity contribution >= 4 is 23.7 Å². The van der Waals surface area contributed by atoms with E-state index in [2.05, 4.69) is 34.8 Å². The number of hydrogen-bond donors (Lipinski definition) is 1. The Bertz CT molecular complexity index is 256. The summed E-state index contributed by atoms with van der Waals surface area (Å²) in [6.45, 7) is 3.63. The van der Waals surface area contributed by atoms with E-state index in [0.29, 0.717) is 0 Å². The van der Waals surface area contributed by atoms with E-state index in [1.165, 1.54) is 30.8 Å². The number of piperidine rings is 1. The molecule has 0 unspecified atom stereocenters. The highest BCUT2D eigenvalue weighted by Gasteiger charge is 2.17. The van der Waals surface area contributed by atoms with Crippen molar-refractivity contribution in [1.29, 1.82) is 0 Å². The van der Waals surface area contributed by atoms with Gasteiger partial charge in [0, 0.05) is 17.5 Å². The second kappa shape index (κ2) is 6.48. The molecule has 0 aromatic carbocycles. The van der Waals surface area contributed by atoms with Gasteiger partial charge in [-0.1, -0.05) is 6.07 Å². The van der Waals surface area contributed by atoms with E-state index in [1.54, 1.807) is 0 Å². The molecule has 86 valence electrons. The van der Waals surface area contributed by atoms with Crippen LogP contribution in [0.25, 0.3) is 0 Å². The van der Waals surface area contributed by atoms with Crippen molar-refractivity contribution in [2.24, 2.45) is 0 Å². The summed E-state index contributed by atoms with van der Waals surface area (Å²) < 4.78 is 0. The van der Waals surface area contributed by atoms with Crippen molar-refractivity contribution in [1.82, 2.24) is 10.2 Å². The van der Waals surface area contributed by atoms with Crippen molar-refractivity contribution in [2.45, 2.75) is 25.4 Å². The lowest BCUT2D eigenvalue weighted by Gasteiger charge is -2.31. The smallest absolute Gasteiger partial charge is 0.0327 e. The maximum absolute atomic E-state index is 3.36. The van der Waals surface area contributed by atoms with Crippen LogP contribution in [-0.2, 0) is 6.54 Å².